The Balaban J connectivity index is 1.42. The lowest BCUT2D eigenvalue weighted by atomic mass is 9.82. The predicted molar refractivity (Wildman–Crippen MR) is 107 cm³/mol. The second-order valence-corrected chi connectivity index (χ2v) is 8.29. The van der Waals surface area contributed by atoms with Crippen molar-refractivity contribution in [2.24, 2.45) is 0 Å². The highest BCUT2D eigenvalue weighted by molar-refractivity contribution is 6.07. The van der Waals surface area contributed by atoms with Gasteiger partial charge in [-0.05, 0) is 19.3 Å². The van der Waals surface area contributed by atoms with Crippen LogP contribution in [0.4, 0.5) is 4.79 Å². The van der Waals surface area contributed by atoms with Gasteiger partial charge < -0.3 is 15.5 Å². The monoisotopic (exact) mass is 407 g/mol. The number of carbonyl (C=O) groups excluding carboxylic acids is 4. The molecule has 2 aliphatic heterocycles. The number of nitrogens with zero attached hydrogens (tertiary/aromatic N) is 3. The Labute approximate surface area is 172 Å². The van der Waals surface area contributed by atoms with E-state index in [-0.39, 0.29) is 36.7 Å². The van der Waals surface area contributed by atoms with Crippen molar-refractivity contribution in [2.75, 3.05) is 45.8 Å². The maximum absolute atomic E-state index is 12.8. The summed E-state index contributed by atoms with van der Waals surface area (Å²) in [5, 5.41) is 5.74. The predicted octanol–water partition coefficient (Wildman–Crippen LogP) is 0.302. The molecular formula is C20H33N5O4. The molecule has 29 heavy (non-hydrogen) atoms. The fraction of sp³-hybridized carbons (Fsp3) is 0.800. The maximum Gasteiger partial charge on any atom is 0.325 e. The van der Waals surface area contributed by atoms with Crippen LogP contribution in [-0.2, 0) is 14.4 Å². The number of imide groups is 1. The Morgan fingerprint density at radius 2 is 1.76 bits per heavy atom. The van der Waals surface area contributed by atoms with Crippen molar-refractivity contribution in [2.45, 2.75) is 57.4 Å². The summed E-state index contributed by atoms with van der Waals surface area (Å²) >= 11 is 0. The van der Waals surface area contributed by atoms with Crippen LogP contribution in [0.25, 0.3) is 0 Å². The minimum absolute atomic E-state index is 0.0156. The van der Waals surface area contributed by atoms with Gasteiger partial charge in [-0.2, -0.15) is 0 Å². The van der Waals surface area contributed by atoms with Gasteiger partial charge >= 0.3 is 6.03 Å². The third kappa shape index (κ3) is 5.07. The quantitative estimate of drug-likeness (QED) is 0.591. The van der Waals surface area contributed by atoms with E-state index < -0.39 is 5.54 Å². The molecule has 9 heteroatoms. The number of carbonyl (C=O) groups is 4. The zero-order chi connectivity index (χ0) is 20.9. The van der Waals surface area contributed by atoms with Crippen LogP contribution < -0.4 is 10.6 Å². The summed E-state index contributed by atoms with van der Waals surface area (Å²) in [5.74, 6) is -0.204. The smallest absolute Gasteiger partial charge is 0.325 e. The van der Waals surface area contributed by atoms with E-state index in [2.05, 4.69) is 10.6 Å². The van der Waals surface area contributed by atoms with Crippen LogP contribution in [0.15, 0.2) is 0 Å². The van der Waals surface area contributed by atoms with Gasteiger partial charge in [-0.3, -0.25) is 24.2 Å². The van der Waals surface area contributed by atoms with E-state index in [1.165, 1.54) is 4.90 Å². The first kappa shape index (κ1) is 21.5. The molecule has 3 aliphatic rings. The Hall–Kier alpha value is -2.16. The Morgan fingerprint density at radius 1 is 1.07 bits per heavy atom. The number of nitrogens with one attached hydrogen (secondary N) is 2. The molecule has 162 valence electrons. The van der Waals surface area contributed by atoms with E-state index in [1.54, 1.807) is 4.90 Å². The number of hydrogen-bond acceptors (Lipinski definition) is 5. The summed E-state index contributed by atoms with van der Waals surface area (Å²) in [6.45, 7) is 5.60. The van der Waals surface area contributed by atoms with Gasteiger partial charge in [0.15, 0.2) is 0 Å². The maximum atomic E-state index is 12.8. The molecule has 0 atom stereocenters. The highest BCUT2D eigenvalue weighted by atomic mass is 16.2. The van der Waals surface area contributed by atoms with Crippen molar-refractivity contribution in [1.29, 1.82) is 0 Å². The van der Waals surface area contributed by atoms with Gasteiger partial charge in [0.1, 0.15) is 5.54 Å². The molecule has 0 unspecified atom stereocenters. The molecule has 0 aromatic rings. The van der Waals surface area contributed by atoms with Crippen molar-refractivity contribution < 1.29 is 19.2 Å². The molecule has 0 radical (unpaired) electrons. The lowest BCUT2D eigenvalue weighted by Crippen LogP contribution is -2.51. The lowest BCUT2D eigenvalue weighted by Gasteiger charge is -2.34. The first-order valence-corrected chi connectivity index (χ1v) is 10.9. The average Bonchev–Trinajstić information content (AvgIpc) is 2.94. The number of urea groups is 1. The second-order valence-electron chi connectivity index (χ2n) is 8.29. The van der Waals surface area contributed by atoms with E-state index in [1.807, 2.05) is 11.8 Å². The Kier molecular flexibility index (Phi) is 7.10. The standard InChI is InChI=1S/C20H33N5O4/c1-2-9-21-16(26)15-23-11-13-24(14-12-23)17(27)6-10-25-18(28)20(22-19(25)29)7-4-3-5-8-20/h2-15H2,1H3,(H,21,26)(H,22,29). The van der Waals surface area contributed by atoms with Crippen molar-refractivity contribution in [3.63, 3.8) is 0 Å². The van der Waals surface area contributed by atoms with Gasteiger partial charge in [0.05, 0.1) is 6.54 Å². The molecule has 2 N–H and O–H groups in total. The van der Waals surface area contributed by atoms with Crippen molar-refractivity contribution in [3.05, 3.63) is 0 Å². The first-order chi connectivity index (χ1) is 13.9. The fourth-order valence-electron chi connectivity index (χ4n) is 4.42. The molecule has 0 aromatic heterocycles. The number of rotatable bonds is 7. The molecule has 1 saturated carbocycles. The summed E-state index contributed by atoms with van der Waals surface area (Å²) in [5.41, 5.74) is -0.734. The number of piperazine rings is 1. The summed E-state index contributed by atoms with van der Waals surface area (Å²) in [4.78, 5) is 54.5. The molecule has 3 fully saturated rings. The third-order valence-corrected chi connectivity index (χ3v) is 6.17. The van der Waals surface area contributed by atoms with Crippen LogP contribution in [0.1, 0.15) is 51.9 Å². The van der Waals surface area contributed by atoms with Gasteiger partial charge in [-0.25, -0.2) is 4.79 Å². The zero-order valence-corrected chi connectivity index (χ0v) is 17.4. The normalized spacial score (nSPS) is 22.1. The van der Waals surface area contributed by atoms with E-state index in [0.29, 0.717) is 52.1 Å². The van der Waals surface area contributed by atoms with Crippen LogP contribution in [0, 0.1) is 0 Å². The molecule has 2 heterocycles. The lowest BCUT2D eigenvalue weighted by molar-refractivity contribution is -0.135. The molecule has 9 nitrogen and oxygen atoms in total. The van der Waals surface area contributed by atoms with Gasteiger partial charge in [-0.1, -0.05) is 26.2 Å². The molecule has 1 aliphatic carbocycles. The molecule has 0 aromatic carbocycles. The SMILES string of the molecule is CCCNC(=O)CN1CCN(C(=O)CCN2C(=O)NC3(CCCCC3)C2=O)CC1. The van der Waals surface area contributed by atoms with Crippen LogP contribution in [0.5, 0.6) is 0 Å². The summed E-state index contributed by atoms with van der Waals surface area (Å²) in [7, 11) is 0. The van der Waals surface area contributed by atoms with E-state index in [0.717, 1.165) is 25.7 Å². The molecule has 5 amide bonds. The minimum atomic E-state index is -0.734. The minimum Gasteiger partial charge on any atom is -0.355 e. The zero-order valence-electron chi connectivity index (χ0n) is 17.4. The van der Waals surface area contributed by atoms with E-state index in [4.69, 9.17) is 0 Å². The van der Waals surface area contributed by atoms with Crippen LogP contribution in [0.3, 0.4) is 0 Å². The van der Waals surface area contributed by atoms with Gasteiger partial charge in [0.25, 0.3) is 5.91 Å². The van der Waals surface area contributed by atoms with Crippen molar-refractivity contribution in [1.82, 2.24) is 25.3 Å². The average molecular weight is 408 g/mol. The van der Waals surface area contributed by atoms with Crippen LogP contribution in [0.2, 0.25) is 0 Å². The third-order valence-electron chi connectivity index (χ3n) is 6.17. The van der Waals surface area contributed by atoms with Gasteiger partial charge in [0, 0.05) is 45.7 Å². The largest absolute Gasteiger partial charge is 0.355 e. The van der Waals surface area contributed by atoms with E-state index >= 15 is 0 Å². The van der Waals surface area contributed by atoms with Crippen molar-refractivity contribution in [3.8, 4) is 0 Å². The molecule has 2 saturated heterocycles. The highest BCUT2D eigenvalue weighted by Crippen LogP contribution is 2.33. The molecule has 0 bridgehead atoms. The first-order valence-electron chi connectivity index (χ1n) is 10.9. The van der Waals surface area contributed by atoms with Gasteiger partial charge in [0.2, 0.25) is 11.8 Å². The van der Waals surface area contributed by atoms with Crippen LogP contribution in [-0.4, -0.2) is 89.8 Å². The summed E-state index contributed by atoms with van der Waals surface area (Å²) in [6, 6.07) is -0.368. The Bertz CT molecular complexity index is 639. The molecule has 3 rings (SSSR count). The summed E-state index contributed by atoms with van der Waals surface area (Å²) < 4.78 is 0. The number of amides is 5. The van der Waals surface area contributed by atoms with E-state index in [9.17, 15) is 19.2 Å². The number of hydrogen-bond donors (Lipinski definition) is 2. The Morgan fingerprint density at radius 3 is 2.41 bits per heavy atom. The summed E-state index contributed by atoms with van der Waals surface area (Å²) in [6.07, 6.45) is 5.42. The van der Waals surface area contributed by atoms with Gasteiger partial charge in [-0.15, -0.1) is 0 Å². The van der Waals surface area contributed by atoms with Crippen molar-refractivity contribution >= 4 is 23.8 Å². The molecule has 1 spiro atoms. The fourth-order valence-corrected chi connectivity index (χ4v) is 4.42. The highest BCUT2D eigenvalue weighted by Gasteiger charge is 2.51. The molecular weight excluding hydrogens is 374 g/mol. The second kappa shape index (κ2) is 9.56. The van der Waals surface area contributed by atoms with Crippen LogP contribution >= 0.6 is 0 Å². The topological polar surface area (TPSA) is 102 Å².